The molecule has 0 aliphatic rings. The van der Waals surface area contributed by atoms with Crippen molar-refractivity contribution in [2.24, 2.45) is 0 Å². The van der Waals surface area contributed by atoms with Gasteiger partial charge in [-0.3, -0.25) is 0 Å². The van der Waals surface area contributed by atoms with E-state index in [2.05, 4.69) is 9.97 Å². The van der Waals surface area contributed by atoms with Crippen LogP contribution in [0.25, 0.3) is 0 Å². The topological polar surface area (TPSA) is 62.7 Å². The summed E-state index contributed by atoms with van der Waals surface area (Å²) < 4.78 is 21.4. The summed E-state index contributed by atoms with van der Waals surface area (Å²) in [5.41, 5.74) is 1.70. The number of nitrogens with zero attached hydrogens (tertiary/aromatic N) is 2. The largest absolute Gasteiger partial charge is 0.576 e. The highest BCUT2D eigenvalue weighted by Gasteiger charge is 2.11. The summed E-state index contributed by atoms with van der Waals surface area (Å²) in [6.45, 7) is 3.76. The maximum atomic E-state index is 5.52. The SMILES string of the molecule is COc1nc(C)ccc1OBOc1ccc(C)nc1OC. The lowest BCUT2D eigenvalue weighted by Gasteiger charge is -2.12. The Hall–Kier alpha value is -2.44. The lowest BCUT2D eigenvalue weighted by molar-refractivity contribution is 0.355. The van der Waals surface area contributed by atoms with Gasteiger partial charge in [0.2, 0.25) is 0 Å². The van der Waals surface area contributed by atoms with Crippen LogP contribution < -0.4 is 18.8 Å². The molecule has 110 valence electrons. The maximum Gasteiger partial charge on any atom is 0.576 e. The fraction of sp³-hybridized carbons (Fsp3) is 0.286. The molecule has 0 aromatic carbocycles. The Kier molecular flexibility index (Phi) is 4.87. The lowest BCUT2D eigenvalue weighted by Crippen LogP contribution is -2.13. The highest BCUT2D eigenvalue weighted by molar-refractivity contribution is 6.21. The van der Waals surface area contributed by atoms with Crippen LogP contribution in [0.4, 0.5) is 0 Å². The second-order valence-corrected chi connectivity index (χ2v) is 4.33. The summed E-state index contributed by atoms with van der Waals surface area (Å²) in [5, 5.41) is 0. The summed E-state index contributed by atoms with van der Waals surface area (Å²) in [4.78, 5) is 8.45. The van der Waals surface area contributed by atoms with E-state index in [0.29, 0.717) is 23.3 Å². The maximum absolute atomic E-state index is 5.52. The Balaban J connectivity index is 2.02. The third-order valence-electron chi connectivity index (χ3n) is 2.74. The fourth-order valence-corrected chi connectivity index (χ4v) is 1.71. The van der Waals surface area contributed by atoms with Gasteiger partial charge < -0.3 is 18.8 Å². The first-order chi connectivity index (χ1) is 10.1. The molecule has 0 N–H and O–H groups in total. The van der Waals surface area contributed by atoms with Crippen molar-refractivity contribution in [3.05, 3.63) is 35.7 Å². The van der Waals surface area contributed by atoms with E-state index < -0.39 is 0 Å². The second-order valence-electron chi connectivity index (χ2n) is 4.33. The molecule has 0 saturated carbocycles. The molecule has 0 amide bonds. The predicted molar refractivity (Wildman–Crippen MR) is 79.5 cm³/mol. The average molecular weight is 288 g/mol. The zero-order valence-corrected chi connectivity index (χ0v) is 12.5. The van der Waals surface area contributed by atoms with E-state index in [1.54, 1.807) is 26.4 Å². The van der Waals surface area contributed by atoms with Gasteiger partial charge in [0.1, 0.15) is 0 Å². The summed E-state index contributed by atoms with van der Waals surface area (Å²) in [5.74, 6) is 1.88. The van der Waals surface area contributed by atoms with Crippen LogP contribution in [0.15, 0.2) is 24.3 Å². The van der Waals surface area contributed by atoms with Gasteiger partial charge in [0.05, 0.1) is 14.2 Å². The van der Waals surface area contributed by atoms with Crippen LogP contribution in [0.2, 0.25) is 0 Å². The molecule has 2 heterocycles. The Labute approximate surface area is 124 Å². The van der Waals surface area contributed by atoms with Crippen LogP contribution in [0.1, 0.15) is 11.4 Å². The number of ether oxygens (including phenoxy) is 2. The molecule has 0 radical (unpaired) electrons. The molecule has 7 heteroatoms. The predicted octanol–water partition coefficient (Wildman–Crippen LogP) is 1.83. The van der Waals surface area contributed by atoms with Gasteiger partial charge in [-0.15, -0.1) is 0 Å². The molecule has 6 nitrogen and oxygen atoms in total. The normalized spacial score (nSPS) is 9.90. The number of aryl methyl sites for hydroxylation is 2. The molecule has 2 aromatic rings. The first-order valence-electron chi connectivity index (χ1n) is 6.43. The van der Waals surface area contributed by atoms with Crippen LogP contribution in [0.5, 0.6) is 23.3 Å². The molecular formula is C14H17BN2O4. The molecule has 0 bridgehead atoms. The number of rotatable bonds is 6. The van der Waals surface area contributed by atoms with Gasteiger partial charge in [0.15, 0.2) is 11.5 Å². The van der Waals surface area contributed by atoms with Crippen molar-refractivity contribution in [3.63, 3.8) is 0 Å². The molecule has 2 aromatic heterocycles. The smallest absolute Gasteiger partial charge is 0.525 e. The van der Waals surface area contributed by atoms with Crippen LogP contribution >= 0.6 is 0 Å². The molecule has 21 heavy (non-hydrogen) atoms. The standard InChI is InChI=1S/C14H17BN2O4/c1-9-5-7-11(13(16-9)18-3)20-15-21-12-8-6-10(2)17-14(12)19-4/h5-8,15H,1-4H3. The van der Waals surface area contributed by atoms with E-state index in [0.717, 1.165) is 11.4 Å². The fourth-order valence-electron chi connectivity index (χ4n) is 1.71. The van der Waals surface area contributed by atoms with Crippen LogP contribution in [-0.2, 0) is 0 Å². The number of methoxy groups -OCH3 is 2. The van der Waals surface area contributed by atoms with E-state index in [4.69, 9.17) is 18.8 Å². The molecule has 0 fully saturated rings. The van der Waals surface area contributed by atoms with Crippen molar-refractivity contribution < 1.29 is 18.8 Å². The summed E-state index contributed by atoms with van der Waals surface area (Å²) in [6.07, 6.45) is 0. The van der Waals surface area contributed by atoms with Gasteiger partial charge in [0, 0.05) is 11.4 Å². The van der Waals surface area contributed by atoms with Crippen LogP contribution in [0.3, 0.4) is 0 Å². The first-order valence-corrected chi connectivity index (χ1v) is 6.43. The number of aromatic nitrogens is 2. The monoisotopic (exact) mass is 288 g/mol. The molecule has 0 spiro atoms. The van der Waals surface area contributed by atoms with Gasteiger partial charge in [-0.05, 0) is 38.1 Å². The minimum Gasteiger partial charge on any atom is -0.525 e. The van der Waals surface area contributed by atoms with Gasteiger partial charge in [-0.1, -0.05) is 0 Å². The minimum absolute atomic E-state index is 0.00218. The van der Waals surface area contributed by atoms with Gasteiger partial charge in [-0.2, -0.15) is 0 Å². The van der Waals surface area contributed by atoms with Crippen molar-refractivity contribution in [1.82, 2.24) is 9.97 Å². The molecular weight excluding hydrogens is 271 g/mol. The van der Waals surface area contributed by atoms with E-state index in [9.17, 15) is 0 Å². The molecule has 0 saturated heterocycles. The quantitative estimate of drug-likeness (QED) is 0.756. The van der Waals surface area contributed by atoms with Crippen LogP contribution in [0, 0.1) is 13.8 Å². The zero-order chi connectivity index (χ0) is 15.2. The van der Waals surface area contributed by atoms with E-state index in [1.807, 2.05) is 26.0 Å². The van der Waals surface area contributed by atoms with Crippen molar-refractivity contribution in [1.29, 1.82) is 0 Å². The zero-order valence-electron chi connectivity index (χ0n) is 12.5. The average Bonchev–Trinajstić information content (AvgIpc) is 2.49. The Morgan fingerprint density at radius 1 is 0.762 bits per heavy atom. The molecule has 0 aliphatic carbocycles. The van der Waals surface area contributed by atoms with E-state index in [-0.39, 0.29) is 7.69 Å². The summed E-state index contributed by atoms with van der Waals surface area (Å²) in [7, 11) is 3.09. The van der Waals surface area contributed by atoms with Crippen molar-refractivity contribution in [2.45, 2.75) is 13.8 Å². The van der Waals surface area contributed by atoms with Gasteiger partial charge >= 0.3 is 7.69 Å². The van der Waals surface area contributed by atoms with Gasteiger partial charge in [0.25, 0.3) is 11.8 Å². The Morgan fingerprint density at radius 2 is 1.19 bits per heavy atom. The highest BCUT2D eigenvalue weighted by atomic mass is 16.6. The van der Waals surface area contributed by atoms with Crippen molar-refractivity contribution in [3.8, 4) is 23.3 Å². The number of hydrogen-bond donors (Lipinski definition) is 0. The minimum atomic E-state index is 0.00218. The number of hydrogen-bond acceptors (Lipinski definition) is 6. The molecule has 2 rings (SSSR count). The summed E-state index contributed by atoms with van der Waals surface area (Å²) in [6, 6.07) is 7.25. The molecule has 0 aliphatic heterocycles. The lowest BCUT2D eigenvalue weighted by atomic mass is 10.3. The van der Waals surface area contributed by atoms with Gasteiger partial charge in [-0.25, -0.2) is 9.97 Å². The Bertz CT molecular complexity index is 568. The molecule has 0 unspecified atom stereocenters. The number of pyridine rings is 2. The van der Waals surface area contributed by atoms with Crippen LogP contribution in [-0.4, -0.2) is 31.9 Å². The van der Waals surface area contributed by atoms with E-state index in [1.165, 1.54) is 0 Å². The second kappa shape index (κ2) is 6.83. The van der Waals surface area contributed by atoms with Crippen molar-refractivity contribution >= 4 is 7.69 Å². The van der Waals surface area contributed by atoms with E-state index >= 15 is 0 Å². The third-order valence-corrected chi connectivity index (χ3v) is 2.74. The first kappa shape index (κ1) is 15.0. The molecule has 0 atom stereocenters. The third kappa shape index (κ3) is 3.78. The Morgan fingerprint density at radius 3 is 1.57 bits per heavy atom. The summed E-state index contributed by atoms with van der Waals surface area (Å²) >= 11 is 0. The van der Waals surface area contributed by atoms with Crippen molar-refractivity contribution in [2.75, 3.05) is 14.2 Å². The highest BCUT2D eigenvalue weighted by Crippen LogP contribution is 2.26.